The molecule has 3 unspecified atom stereocenters. The van der Waals surface area contributed by atoms with Gasteiger partial charge in [-0.15, -0.1) is 0 Å². The monoisotopic (exact) mass is 138 g/mol. The minimum absolute atomic E-state index is 0.990. The van der Waals surface area contributed by atoms with E-state index in [0.717, 1.165) is 29.6 Å². The van der Waals surface area contributed by atoms with Crippen LogP contribution in [0.5, 0.6) is 0 Å². The summed E-state index contributed by atoms with van der Waals surface area (Å²) in [6, 6.07) is 0. The normalized spacial score (nSPS) is 59.7. The summed E-state index contributed by atoms with van der Waals surface area (Å²) >= 11 is 0. The molecule has 0 aliphatic heterocycles. The summed E-state index contributed by atoms with van der Waals surface area (Å²) in [5, 5.41) is 0. The molecule has 5 atom stereocenters. The van der Waals surface area contributed by atoms with Crippen molar-refractivity contribution >= 4 is 0 Å². The molecule has 0 saturated heterocycles. The van der Waals surface area contributed by atoms with Crippen LogP contribution in [0, 0.1) is 29.6 Å². The Hall–Kier alpha value is 0. The fourth-order valence-corrected chi connectivity index (χ4v) is 2.79. The Balaban J connectivity index is 2.07. The predicted octanol–water partition coefficient (Wildman–Crippen LogP) is 2.93. The van der Waals surface area contributed by atoms with Crippen LogP contribution >= 0.6 is 0 Å². The number of rotatable bonds is 0. The molecular formula is C10H18. The quantitative estimate of drug-likeness (QED) is 0.483. The van der Waals surface area contributed by atoms with E-state index >= 15 is 0 Å². The van der Waals surface area contributed by atoms with Crippen LogP contribution in [0.25, 0.3) is 0 Å². The van der Waals surface area contributed by atoms with Crippen molar-refractivity contribution in [2.24, 2.45) is 29.6 Å². The molecule has 10 heavy (non-hydrogen) atoms. The molecule has 0 nitrogen and oxygen atoms in total. The summed E-state index contributed by atoms with van der Waals surface area (Å²) in [6.45, 7) is 7.31. The Kier molecular flexibility index (Phi) is 1.33. The summed E-state index contributed by atoms with van der Waals surface area (Å²) in [7, 11) is 0. The van der Waals surface area contributed by atoms with Crippen LogP contribution in [-0.2, 0) is 0 Å². The smallest absolute Gasteiger partial charge is 0.0354 e. The lowest BCUT2D eigenvalue weighted by molar-refractivity contribution is 0.184. The van der Waals surface area contributed by atoms with E-state index < -0.39 is 0 Å². The molecule has 0 aromatic rings. The van der Waals surface area contributed by atoms with Gasteiger partial charge in [0.05, 0.1) is 0 Å². The lowest BCUT2D eigenvalue weighted by Crippen LogP contribution is -2.23. The van der Waals surface area contributed by atoms with E-state index in [0.29, 0.717) is 0 Å². The average Bonchev–Trinajstić information content (AvgIpc) is 2.62. The zero-order chi connectivity index (χ0) is 7.30. The minimum Gasteiger partial charge on any atom is -0.0622 e. The first-order valence-electron chi connectivity index (χ1n) is 4.70. The van der Waals surface area contributed by atoms with Gasteiger partial charge in [0.2, 0.25) is 0 Å². The van der Waals surface area contributed by atoms with Crippen molar-refractivity contribution in [2.75, 3.05) is 0 Å². The molecule has 0 bridgehead atoms. The number of hydrogen-bond donors (Lipinski definition) is 0. The molecule has 0 radical (unpaired) electrons. The van der Waals surface area contributed by atoms with Crippen LogP contribution in [-0.4, -0.2) is 0 Å². The topological polar surface area (TPSA) is 0 Å². The zero-order valence-electron chi connectivity index (χ0n) is 7.30. The molecule has 58 valence electrons. The molecular weight excluding hydrogens is 120 g/mol. The number of fused-ring (bicyclic) bond motifs is 1. The maximum atomic E-state index is 2.45. The fraction of sp³-hybridized carbons (Fsp3) is 1.00. The predicted molar refractivity (Wildman–Crippen MR) is 43.7 cm³/mol. The number of hydrogen-bond acceptors (Lipinski definition) is 0. The molecule has 2 saturated carbocycles. The van der Waals surface area contributed by atoms with Crippen molar-refractivity contribution < 1.29 is 0 Å². The molecule has 0 aromatic carbocycles. The standard InChI is InChI=1S/C10H18/c1-6-4-9-5-10(9)8(3)7(6)2/h6-10H,4-5H2,1-3H3/t6?,7-,8-,9?,10?/m0/s1. The summed E-state index contributed by atoms with van der Waals surface area (Å²) < 4.78 is 0. The first-order valence-corrected chi connectivity index (χ1v) is 4.70. The second kappa shape index (κ2) is 1.99. The van der Waals surface area contributed by atoms with E-state index in [2.05, 4.69) is 20.8 Å². The van der Waals surface area contributed by atoms with Gasteiger partial charge < -0.3 is 0 Å². The molecule has 0 amide bonds. The molecule has 0 heterocycles. The van der Waals surface area contributed by atoms with Crippen molar-refractivity contribution in [3.05, 3.63) is 0 Å². The van der Waals surface area contributed by atoms with Crippen molar-refractivity contribution in [1.82, 2.24) is 0 Å². The third-order valence-electron chi connectivity index (χ3n) is 4.05. The Bertz CT molecular complexity index is 137. The highest BCUT2D eigenvalue weighted by Gasteiger charge is 2.48. The van der Waals surface area contributed by atoms with Gasteiger partial charge >= 0.3 is 0 Å². The van der Waals surface area contributed by atoms with Crippen LogP contribution < -0.4 is 0 Å². The lowest BCUT2D eigenvalue weighted by Gasteiger charge is -2.31. The second-order valence-electron chi connectivity index (χ2n) is 4.59. The van der Waals surface area contributed by atoms with Crippen LogP contribution in [0.1, 0.15) is 33.6 Å². The maximum absolute atomic E-state index is 2.45. The Labute approximate surface area is 64.0 Å². The molecule has 2 aliphatic carbocycles. The SMILES string of the molecule is CC1CC2CC2[C@@H](C)[C@H]1C. The van der Waals surface area contributed by atoms with E-state index in [1.165, 1.54) is 6.42 Å². The van der Waals surface area contributed by atoms with Crippen LogP contribution in [0.3, 0.4) is 0 Å². The highest BCUT2D eigenvalue weighted by atomic mass is 14.5. The average molecular weight is 138 g/mol. The molecule has 2 aliphatic rings. The van der Waals surface area contributed by atoms with Gasteiger partial charge in [-0.05, 0) is 42.4 Å². The van der Waals surface area contributed by atoms with E-state index in [4.69, 9.17) is 0 Å². The zero-order valence-corrected chi connectivity index (χ0v) is 7.30. The summed E-state index contributed by atoms with van der Waals surface area (Å²) in [5.74, 6) is 5.28. The lowest BCUT2D eigenvalue weighted by atomic mass is 9.75. The summed E-state index contributed by atoms with van der Waals surface area (Å²) in [5.41, 5.74) is 0. The fourth-order valence-electron chi connectivity index (χ4n) is 2.79. The largest absolute Gasteiger partial charge is 0.0622 e. The van der Waals surface area contributed by atoms with Gasteiger partial charge in [-0.1, -0.05) is 20.8 Å². The minimum atomic E-state index is 0.990. The van der Waals surface area contributed by atoms with E-state index in [1.807, 2.05) is 0 Å². The van der Waals surface area contributed by atoms with Crippen molar-refractivity contribution in [1.29, 1.82) is 0 Å². The second-order valence-corrected chi connectivity index (χ2v) is 4.59. The molecule has 0 N–H and O–H groups in total. The molecule has 2 fully saturated rings. The van der Waals surface area contributed by atoms with E-state index in [1.54, 1.807) is 6.42 Å². The van der Waals surface area contributed by atoms with Crippen LogP contribution in [0.15, 0.2) is 0 Å². The third-order valence-corrected chi connectivity index (χ3v) is 4.05. The van der Waals surface area contributed by atoms with Crippen molar-refractivity contribution in [3.8, 4) is 0 Å². The van der Waals surface area contributed by atoms with E-state index in [-0.39, 0.29) is 0 Å². The van der Waals surface area contributed by atoms with Gasteiger partial charge in [0.1, 0.15) is 0 Å². The Morgan fingerprint density at radius 3 is 2.30 bits per heavy atom. The van der Waals surface area contributed by atoms with Crippen molar-refractivity contribution in [2.45, 2.75) is 33.6 Å². The Morgan fingerprint density at radius 2 is 1.60 bits per heavy atom. The van der Waals surface area contributed by atoms with E-state index in [9.17, 15) is 0 Å². The first-order chi connectivity index (χ1) is 4.70. The third kappa shape index (κ3) is 0.810. The highest BCUT2D eigenvalue weighted by Crippen LogP contribution is 2.56. The van der Waals surface area contributed by atoms with Crippen LogP contribution in [0.2, 0.25) is 0 Å². The van der Waals surface area contributed by atoms with Gasteiger partial charge in [0, 0.05) is 0 Å². The van der Waals surface area contributed by atoms with Crippen LogP contribution in [0.4, 0.5) is 0 Å². The first kappa shape index (κ1) is 6.69. The van der Waals surface area contributed by atoms with Gasteiger partial charge in [-0.2, -0.15) is 0 Å². The molecule has 0 heteroatoms. The van der Waals surface area contributed by atoms with Gasteiger partial charge in [0.25, 0.3) is 0 Å². The summed E-state index contributed by atoms with van der Waals surface area (Å²) in [6.07, 6.45) is 3.08. The molecule has 0 spiro atoms. The molecule has 0 aromatic heterocycles. The Morgan fingerprint density at radius 1 is 0.900 bits per heavy atom. The maximum Gasteiger partial charge on any atom is -0.0354 e. The highest BCUT2D eigenvalue weighted by molar-refractivity contribution is 4.97. The van der Waals surface area contributed by atoms with Gasteiger partial charge in [-0.25, -0.2) is 0 Å². The van der Waals surface area contributed by atoms with Crippen molar-refractivity contribution in [3.63, 3.8) is 0 Å². The molecule has 2 rings (SSSR count). The van der Waals surface area contributed by atoms with Gasteiger partial charge in [-0.3, -0.25) is 0 Å². The van der Waals surface area contributed by atoms with Gasteiger partial charge in [0.15, 0.2) is 0 Å². The summed E-state index contributed by atoms with van der Waals surface area (Å²) in [4.78, 5) is 0.